The van der Waals surface area contributed by atoms with Gasteiger partial charge in [0.25, 0.3) is 5.91 Å². The number of anilines is 1. The Balaban J connectivity index is 1.91. The lowest BCUT2D eigenvalue weighted by atomic mass is 9.87. The summed E-state index contributed by atoms with van der Waals surface area (Å²) in [4.78, 5) is 27.1. The maximum atomic E-state index is 12.9. The Labute approximate surface area is 153 Å². The van der Waals surface area contributed by atoms with Crippen LogP contribution in [-0.4, -0.2) is 23.3 Å². The fourth-order valence-electron chi connectivity index (χ4n) is 3.38. The van der Waals surface area contributed by atoms with Crippen LogP contribution in [0.5, 0.6) is 0 Å². The number of Topliss-reactive ketones (excluding diaryl/α,β-unsaturated/α-hetero) is 1. The Bertz CT molecular complexity index is 854. The predicted octanol–water partition coefficient (Wildman–Crippen LogP) is 3.80. The zero-order valence-corrected chi connectivity index (χ0v) is 15.1. The van der Waals surface area contributed by atoms with E-state index in [2.05, 4.69) is 20.4 Å². The van der Waals surface area contributed by atoms with Crippen molar-refractivity contribution in [2.24, 2.45) is 0 Å². The topological polar surface area (TPSA) is 57.6 Å². The number of rotatable bonds is 6. The van der Waals surface area contributed by atoms with Crippen LogP contribution >= 0.6 is 0 Å². The van der Waals surface area contributed by atoms with Crippen LogP contribution in [0.4, 0.5) is 5.69 Å². The monoisotopic (exact) mass is 349 g/mol. The normalized spacial score (nSPS) is 18.9. The molecule has 1 amide bonds. The summed E-state index contributed by atoms with van der Waals surface area (Å²) >= 11 is 0. The van der Waals surface area contributed by atoms with Gasteiger partial charge >= 0.3 is 0 Å². The number of carbonyl (C=O) groups excluding carboxylic acids is 2. The van der Waals surface area contributed by atoms with Gasteiger partial charge in [0, 0.05) is 17.7 Å². The molecule has 4 nitrogen and oxygen atoms in total. The minimum atomic E-state index is -1.84. The second-order valence-electron chi connectivity index (χ2n) is 6.96. The van der Waals surface area contributed by atoms with Gasteiger partial charge in [-0.05, 0) is 17.5 Å². The molecule has 2 aromatic carbocycles. The van der Waals surface area contributed by atoms with Crippen molar-refractivity contribution in [3.63, 3.8) is 0 Å². The van der Waals surface area contributed by atoms with E-state index in [0.29, 0.717) is 22.7 Å². The molecule has 134 valence electrons. The smallest absolute Gasteiger partial charge is 0.264 e. The fraction of sp³-hybridized carbons (Fsp3) is 0.273. The maximum absolute atomic E-state index is 12.9. The van der Waals surface area contributed by atoms with E-state index in [4.69, 9.17) is 0 Å². The van der Waals surface area contributed by atoms with Gasteiger partial charge in [-0.2, -0.15) is 0 Å². The van der Waals surface area contributed by atoms with Gasteiger partial charge in [-0.15, -0.1) is 6.58 Å². The third kappa shape index (κ3) is 2.97. The van der Waals surface area contributed by atoms with Crippen molar-refractivity contribution < 1.29 is 14.7 Å². The summed E-state index contributed by atoms with van der Waals surface area (Å²) in [5.74, 6) is -0.365. The summed E-state index contributed by atoms with van der Waals surface area (Å²) < 4.78 is 0. The van der Waals surface area contributed by atoms with E-state index in [1.54, 1.807) is 42.5 Å². The van der Waals surface area contributed by atoms with Gasteiger partial charge in [0.15, 0.2) is 11.4 Å². The number of nitrogens with zero attached hydrogens (tertiary/aromatic N) is 1. The van der Waals surface area contributed by atoms with Gasteiger partial charge in [-0.1, -0.05) is 62.4 Å². The molecular formula is C22H23NO3. The Hall–Kier alpha value is -2.72. The van der Waals surface area contributed by atoms with Crippen LogP contribution in [-0.2, 0) is 10.4 Å². The van der Waals surface area contributed by atoms with Crippen molar-refractivity contribution in [1.29, 1.82) is 0 Å². The van der Waals surface area contributed by atoms with Gasteiger partial charge in [-0.3, -0.25) is 9.59 Å². The highest BCUT2D eigenvalue weighted by atomic mass is 16.3. The number of ketones is 1. The third-order valence-corrected chi connectivity index (χ3v) is 4.87. The molecule has 26 heavy (non-hydrogen) atoms. The van der Waals surface area contributed by atoms with Crippen LogP contribution < -0.4 is 4.90 Å². The number of benzene rings is 2. The van der Waals surface area contributed by atoms with Crippen molar-refractivity contribution in [3.8, 4) is 0 Å². The summed E-state index contributed by atoms with van der Waals surface area (Å²) in [7, 11) is 0. The Morgan fingerprint density at radius 3 is 2.46 bits per heavy atom. The van der Waals surface area contributed by atoms with Crippen LogP contribution in [0.3, 0.4) is 0 Å². The molecule has 2 aromatic rings. The summed E-state index contributed by atoms with van der Waals surface area (Å²) in [6, 6.07) is 14.4. The average Bonchev–Trinajstić information content (AvgIpc) is 2.84. The lowest BCUT2D eigenvalue weighted by Gasteiger charge is -2.22. The first-order valence-corrected chi connectivity index (χ1v) is 8.76. The second kappa shape index (κ2) is 6.89. The molecule has 1 aliphatic heterocycles. The first kappa shape index (κ1) is 18.1. The van der Waals surface area contributed by atoms with Crippen molar-refractivity contribution in [2.75, 3.05) is 11.4 Å². The summed E-state index contributed by atoms with van der Waals surface area (Å²) in [6.07, 6.45) is 1.32. The number of fused-ring (bicyclic) bond motifs is 1. The average molecular weight is 349 g/mol. The molecule has 3 rings (SSSR count). The molecule has 4 heteroatoms. The van der Waals surface area contributed by atoms with E-state index in [1.165, 1.54) is 4.90 Å². The standard InChI is InChI=1S/C22H23NO3/c1-4-13-23-19-8-6-5-7-18(19)22(26,21(23)25)14-20(24)17-11-9-16(10-12-17)15(2)3/h4-12,15,26H,1,13-14H2,2-3H3. The summed E-state index contributed by atoms with van der Waals surface area (Å²) in [6.45, 7) is 8.13. The minimum Gasteiger partial charge on any atom is -0.375 e. The number of amides is 1. The lowest BCUT2D eigenvalue weighted by Crippen LogP contribution is -2.41. The van der Waals surface area contributed by atoms with Gasteiger partial charge in [0.05, 0.1) is 12.1 Å². The molecule has 1 heterocycles. The predicted molar refractivity (Wildman–Crippen MR) is 102 cm³/mol. The SMILES string of the molecule is C=CCN1C(=O)C(O)(CC(=O)c2ccc(C(C)C)cc2)c2ccccc21. The second-order valence-corrected chi connectivity index (χ2v) is 6.96. The van der Waals surface area contributed by atoms with E-state index in [0.717, 1.165) is 5.56 Å². The zero-order valence-electron chi connectivity index (χ0n) is 15.1. The van der Waals surface area contributed by atoms with Crippen LogP contribution in [0.2, 0.25) is 0 Å². The fourth-order valence-corrected chi connectivity index (χ4v) is 3.38. The molecule has 0 radical (unpaired) electrons. The molecule has 0 aliphatic carbocycles. The molecule has 0 fully saturated rings. The van der Waals surface area contributed by atoms with Gasteiger partial charge < -0.3 is 10.0 Å². The van der Waals surface area contributed by atoms with Crippen LogP contribution in [0.1, 0.15) is 47.7 Å². The number of hydrogen-bond acceptors (Lipinski definition) is 3. The molecule has 0 aromatic heterocycles. The highest BCUT2D eigenvalue weighted by molar-refractivity contribution is 6.10. The van der Waals surface area contributed by atoms with Gasteiger partial charge in [0.1, 0.15) is 0 Å². The van der Waals surface area contributed by atoms with E-state index in [1.807, 2.05) is 12.1 Å². The molecule has 1 N–H and O–H groups in total. The van der Waals surface area contributed by atoms with Crippen LogP contribution in [0, 0.1) is 0 Å². The zero-order chi connectivity index (χ0) is 18.9. The Morgan fingerprint density at radius 1 is 1.19 bits per heavy atom. The molecule has 0 spiro atoms. The quantitative estimate of drug-likeness (QED) is 0.637. The van der Waals surface area contributed by atoms with Crippen LogP contribution in [0.25, 0.3) is 0 Å². The largest absolute Gasteiger partial charge is 0.375 e. The molecule has 1 aliphatic rings. The van der Waals surface area contributed by atoms with Crippen LogP contribution in [0.15, 0.2) is 61.2 Å². The summed E-state index contributed by atoms with van der Waals surface area (Å²) in [5.41, 5.74) is 0.893. The van der Waals surface area contributed by atoms with E-state index < -0.39 is 11.5 Å². The first-order valence-electron chi connectivity index (χ1n) is 8.76. The number of carbonyl (C=O) groups is 2. The molecule has 0 bridgehead atoms. The molecule has 1 atom stereocenters. The molecule has 0 saturated heterocycles. The Kier molecular flexibility index (Phi) is 4.79. The number of para-hydroxylation sites is 1. The van der Waals surface area contributed by atoms with Crippen molar-refractivity contribution in [3.05, 3.63) is 77.9 Å². The molecule has 0 saturated carbocycles. The van der Waals surface area contributed by atoms with Gasteiger partial charge in [0.2, 0.25) is 0 Å². The number of aliphatic hydroxyl groups is 1. The third-order valence-electron chi connectivity index (χ3n) is 4.87. The molecular weight excluding hydrogens is 326 g/mol. The van der Waals surface area contributed by atoms with Gasteiger partial charge in [-0.25, -0.2) is 0 Å². The van der Waals surface area contributed by atoms with E-state index in [-0.39, 0.29) is 18.7 Å². The van der Waals surface area contributed by atoms with E-state index >= 15 is 0 Å². The van der Waals surface area contributed by atoms with Crippen molar-refractivity contribution in [2.45, 2.75) is 31.8 Å². The highest BCUT2D eigenvalue weighted by Gasteiger charge is 2.50. The number of hydrogen-bond donors (Lipinski definition) is 1. The van der Waals surface area contributed by atoms with Crippen molar-refractivity contribution in [1.82, 2.24) is 0 Å². The first-order chi connectivity index (χ1) is 12.4. The maximum Gasteiger partial charge on any atom is 0.264 e. The Morgan fingerprint density at radius 2 is 1.85 bits per heavy atom. The van der Waals surface area contributed by atoms with Crippen molar-refractivity contribution >= 4 is 17.4 Å². The lowest BCUT2D eigenvalue weighted by molar-refractivity contribution is -0.135. The summed E-state index contributed by atoms with van der Waals surface area (Å²) in [5, 5.41) is 11.1. The minimum absolute atomic E-state index is 0.258. The molecule has 1 unspecified atom stereocenters. The van der Waals surface area contributed by atoms with E-state index in [9.17, 15) is 14.7 Å². The highest BCUT2D eigenvalue weighted by Crippen LogP contribution is 2.42.